The number of nitrogens with one attached hydrogen (secondary N) is 1. The Labute approximate surface area is 106 Å². The molecule has 4 heteroatoms. The zero-order valence-electron chi connectivity index (χ0n) is 9.86. The molecule has 2 heterocycles. The van der Waals surface area contributed by atoms with E-state index >= 15 is 0 Å². The van der Waals surface area contributed by atoms with Gasteiger partial charge in [0.05, 0.1) is 11.0 Å². The van der Waals surface area contributed by atoms with Gasteiger partial charge in [-0.1, -0.05) is 19.1 Å². The highest BCUT2D eigenvalue weighted by molar-refractivity contribution is 6.20. The van der Waals surface area contributed by atoms with E-state index in [0.717, 1.165) is 36.5 Å². The van der Waals surface area contributed by atoms with E-state index < -0.39 is 0 Å². The molecule has 17 heavy (non-hydrogen) atoms. The molecule has 1 aliphatic heterocycles. The van der Waals surface area contributed by atoms with Gasteiger partial charge in [0.15, 0.2) is 0 Å². The number of imidazole rings is 1. The molecule has 1 aromatic heterocycles. The number of fused-ring (bicyclic) bond motifs is 1. The lowest BCUT2D eigenvalue weighted by atomic mass is 10.00. The molecule has 1 saturated heterocycles. The molecule has 0 saturated carbocycles. The van der Waals surface area contributed by atoms with E-state index in [1.807, 2.05) is 18.2 Å². The fraction of sp³-hybridized carbons (Fsp3) is 0.462. The van der Waals surface area contributed by atoms with E-state index in [1.54, 1.807) is 0 Å². The molecule has 90 valence electrons. The summed E-state index contributed by atoms with van der Waals surface area (Å²) >= 11 is 6.24. The molecule has 2 aromatic rings. The third-order valence-electron chi connectivity index (χ3n) is 3.48. The maximum atomic E-state index is 6.24. The molecule has 2 unspecified atom stereocenters. The first-order valence-electron chi connectivity index (χ1n) is 6.08. The van der Waals surface area contributed by atoms with Gasteiger partial charge in [0.25, 0.3) is 0 Å². The van der Waals surface area contributed by atoms with Crippen LogP contribution in [0.15, 0.2) is 24.3 Å². The number of aromatic nitrogens is 2. The van der Waals surface area contributed by atoms with Crippen LogP contribution in [-0.4, -0.2) is 28.4 Å². The SMILES string of the molecule is CC1CN(c2nc3ccccc3[nH]2)CCC1Cl. The second-order valence-electron chi connectivity index (χ2n) is 4.81. The zero-order chi connectivity index (χ0) is 11.8. The number of nitrogens with zero attached hydrogens (tertiary/aromatic N) is 2. The van der Waals surface area contributed by atoms with E-state index in [2.05, 4.69) is 27.9 Å². The molecule has 2 atom stereocenters. The molecule has 3 rings (SSSR count). The highest BCUT2D eigenvalue weighted by Crippen LogP contribution is 2.26. The lowest BCUT2D eigenvalue weighted by Gasteiger charge is -2.33. The minimum Gasteiger partial charge on any atom is -0.342 e. The fourth-order valence-corrected chi connectivity index (χ4v) is 2.58. The van der Waals surface area contributed by atoms with Gasteiger partial charge in [0.2, 0.25) is 5.95 Å². The Balaban J connectivity index is 1.88. The maximum absolute atomic E-state index is 6.24. The van der Waals surface area contributed by atoms with Crippen LogP contribution in [-0.2, 0) is 0 Å². The summed E-state index contributed by atoms with van der Waals surface area (Å²) in [5.74, 6) is 1.49. The summed E-state index contributed by atoms with van der Waals surface area (Å²) < 4.78 is 0. The van der Waals surface area contributed by atoms with Gasteiger partial charge in [-0.2, -0.15) is 0 Å². The number of H-pyrrole nitrogens is 1. The van der Waals surface area contributed by atoms with Crippen molar-refractivity contribution in [2.24, 2.45) is 5.92 Å². The number of benzene rings is 1. The number of hydrogen-bond donors (Lipinski definition) is 1. The van der Waals surface area contributed by atoms with E-state index in [1.165, 1.54) is 0 Å². The van der Waals surface area contributed by atoms with Gasteiger partial charge in [0.1, 0.15) is 0 Å². The molecule has 0 aliphatic carbocycles. The number of halogens is 1. The number of para-hydroxylation sites is 2. The molecular weight excluding hydrogens is 234 g/mol. The largest absolute Gasteiger partial charge is 0.342 e. The van der Waals surface area contributed by atoms with E-state index in [0.29, 0.717) is 11.3 Å². The lowest BCUT2D eigenvalue weighted by Crippen LogP contribution is -2.40. The summed E-state index contributed by atoms with van der Waals surface area (Å²) in [7, 11) is 0. The van der Waals surface area contributed by atoms with Gasteiger partial charge in [-0.25, -0.2) is 4.98 Å². The van der Waals surface area contributed by atoms with Crippen LogP contribution in [0.4, 0.5) is 5.95 Å². The molecule has 0 bridgehead atoms. The van der Waals surface area contributed by atoms with Crippen LogP contribution in [0.3, 0.4) is 0 Å². The van der Waals surface area contributed by atoms with Crippen molar-refractivity contribution in [1.29, 1.82) is 0 Å². The standard InChI is InChI=1S/C13H16ClN3/c1-9-8-17(7-6-10(9)14)13-15-11-4-2-3-5-12(11)16-13/h2-5,9-10H,6-8H2,1H3,(H,15,16). The van der Waals surface area contributed by atoms with Crippen LogP contribution in [0, 0.1) is 5.92 Å². The van der Waals surface area contributed by atoms with Gasteiger partial charge in [0, 0.05) is 18.5 Å². The first-order valence-corrected chi connectivity index (χ1v) is 6.51. The Kier molecular flexibility index (Phi) is 2.71. The quantitative estimate of drug-likeness (QED) is 0.788. The van der Waals surface area contributed by atoms with Crippen LogP contribution in [0.1, 0.15) is 13.3 Å². The van der Waals surface area contributed by atoms with Crippen molar-refractivity contribution in [3.63, 3.8) is 0 Å². The predicted octanol–water partition coefficient (Wildman–Crippen LogP) is 3.02. The van der Waals surface area contributed by atoms with Crippen molar-refractivity contribution in [2.45, 2.75) is 18.7 Å². The highest BCUT2D eigenvalue weighted by Gasteiger charge is 2.25. The van der Waals surface area contributed by atoms with Gasteiger partial charge >= 0.3 is 0 Å². The topological polar surface area (TPSA) is 31.9 Å². The Hall–Kier alpha value is -1.22. The Morgan fingerprint density at radius 3 is 3.00 bits per heavy atom. The Bertz CT molecular complexity index is 489. The molecule has 1 aliphatic rings. The van der Waals surface area contributed by atoms with Crippen molar-refractivity contribution in [1.82, 2.24) is 9.97 Å². The second-order valence-corrected chi connectivity index (χ2v) is 5.37. The molecule has 1 aromatic carbocycles. The van der Waals surface area contributed by atoms with Crippen LogP contribution in [0.25, 0.3) is 11.0 Å². The van der Waals surface area contributed by atoms with Crippen LogP contribution >= 0.6 is 11.6 Å². The van der Waals surface area contributed by atoms with Crippen molar-refractivity contribution < 1.29 is 0 Å². The van der Waals surface area contributed by atoms with Crippen LogP contribution in [0.5, 0.6) is 0 Å². The second kappa shape index (κ2) is 4.22. The monoisotopic (exact) mass is 249 g/mol. The van der Waals surface area contributed by atoms with Crippen molar-refractivity contribution in [3.05, 3.63) is 24.3 Å². The van der Waals surface area contributed by atoms with Crippen LogP contribution in [0.2, 0.25) is 0 Å². The van der Waals surface area contributed by atoms with E-state index in [-0.39, 0.29) is 0 Å². The summed E-state index contributed by atoms with van der Waals surface area (Å²) in [4.78, 5) is 10.3. The summed E-state index contributed by atoms with van der Waals surface area (Å²) in [5.41, 5.74) is 2.13. The predicted molar refractivity (Wildman–Crippen MR) is 71.7 cm³/mol. The summed E-state index contributed by atoms with van der Waals surface area (Å²) in [6.45, 7) is 4.17. The maximum Gasteiger partial charge on any atom is 0.203 e. The highest BCUT2D eigenvalue weighted by atomic mass is 35.5. The van der Waals surface area contributed by atoms with E-state index in [4.69, 9.17) is 11.6 Å². The van der Waals surface area contributed by atoms with E-state index in [9.17, 15) is 0 Å². The van der Waals surface area contributed by atoms with Crippen molar-refractivity contribution in [2.75, 3.05) is 18.0 Å². The number of rotatable bonds is 1. The number of alkyl halides is 1. The first kappa shape index (κ1) is 10.9. The minimum absolute atomic E-state index is 0.302. The number of aromatic amines is 1. The average molecular weight is 250 g/mol. The first-order chi connectivity index (χ1) is 8.24. The average Bonchev–Trinajstić information content (AvgIpc) is 2.76. The molecule has 1 fully saturated rings. The molecular formula is C13H16ClN3. The van der Waals surface area contributed by atoms with Crippen LogP contribution < -0.4 is 4.90 Å². The third-order valence-corrected chi connectivity index (χ3v) is 4.13. The molecule has 0 amide bonds. The fourth-order valence-electron chi connectivity index (χ4n) is 2.40. The third kappa shape index (κ3) is 2.00. The van der Waals surface area contributed by atoms with Gasteiger partial charge in [-0.3, -0.25) is 0 Å². The smallest absolute Gasteiger partial charge is 0.203 e. The molecule has 0 spiro atoms. The Morgan fingerprint density at radius 2 is 2.24 bits per heavy atom. The lowest BCUT2D eigenvalue weighted by molar-refractivity contribution is 0.450. The number of anilines is 1. The zero-order valence-corrected chi connectivity index (χ0v) is 10.6. The summed E-state index contributed by atoms with van der Waals surface area (Å²) in [6, 6.07) is 8.13. The van der Waals surface area contributed by atoms with Gasteiger partial charge < -0.3 is 9.88 Å². The van der Waals surface area contributed by atoms with Crippen molar-refractivity contribution in [3.8, 4) is 0 Å². The summed E-state index contributed by atoms with van der Waals surface area (Å²) in [6.07, 6.45) is 1.03. The van der Waals surface area contributed by atoms with Gasteiger partial charge in [-0.15, -0.1) is 11.6 Å². The number of piperidine rings is 1. The molecule has 1 N–H and O–H groups in total. The molecule has 3 nitrogen and oxygen atoms in total. The van der Waals surface area contributed by atoms with Crippen molar-refractivity contribution >= 4 is 28.6 Å². The van der Waals surface area contributed by atoms with Gasteiger partial charge in [-0.05, 0) is 24.5 Å². The normalized spacial score (nSPS) is 25.4. The Morgan fingerprint density at radius 1 is 1.41 bits per heavy atom. The molecule has 0 radical (unpaired) electrons. The summed E-state index contributed by atoms with van der Waals surface area (Å²) in [5, 5.41) is 0.302. The number of hydrogen-bond acceptors (Lipinski definition) is 2. The minimum atomic E-state index is 0.302.